The summed E-state index contributed by atoms with van der Waals surface area (Å²) in [4.78, 5) is 19.8. The molecule has 0 aliphatic rings. The van der Waals surface area contributed by atoms with Gasteiger partial charge in [-0.3, -0.25) is 4.79 Å². The lowest BCUT2D eigenvalue weighted by Gasteiger charge is -2.05. The first kappa shape index (κ1) is 14.9. The van der Waals surface area contributed by atoms with Crippen LogP contribution in [-0.2, 0) is 4.79 Å². The number of hydrogen-bond acceptors (Lipinski definition) is 7. The van der Waals surface area contributed by atoms with Crippen LogP contribution in [0.1, 0.15) is 6.42 Å². The summed E-state index contributed by atoms with van der Waals surface area (Å²) in [5.41, 5.74) is 18.1. The molecule has 0 bridgehead atoms. The molecule has 0 unspecified atom stereocenters. The number of anilines is 4. The predicted molar refractivity (Wildman–Crippen MR) is 85.7 cm³/mol. The summed E-state index contributed by atoms with van der Waals surface area (Å²) in [5.74, 6) is 1.07. The van der Waals surface area contributed by atoms with Crippen LogP contribution in [0.5, 0.6) is 0 Å². The van der Waals surface area contributed by atoms with Crippen molar-refractivity contribution in [1.29, 1.82) is 0 Å². The average Bonchev–Trinajstić information content (AvgIpc) is 2.40. The van der Waals surface area contributed by atoms with Gasteiger partial charge in [0.05, 0.1) is 0 Å². The number of aromatic nitrogens is 2. The van der Waals surface area contributed by atoms with E-state index in [0.717, 1.165) is 0 Å². The highest BCUT2D eigenvalue weighted by atomic mass is 32.2. The van der Waals surface area contributed by atoms with E-state index in [-0.39, 0.29) is 5.91 Å². The van der Waals surface area contributed by atoms with Crippen molar-refractivity contribution in [1.82, 2.24) is 9.97 Å². The Hall–Kier alpha value is -2.48. The van der Waals surface area contributed by atoms with Crippen LogP contribution < -0.4 is 22.5 Å². The molecule has 1 aromatic heterocycles. The molecule has 0 spiro atoms. The zero-order chi connectivity index (χ0) is 15.2. The van der Waals surface area contributed by atoms with E-state index in [1.807, 2.05) is 0 Å². The van der Waals surface area contributed by atoms with Gasteiger partial charge in [-0.2, -0.15) is 0 Å². The minimum atomic E-state index is -0.0934. The largest absolute Gasteiger partial charge is 0.399 e. The zero-order valence-corrected chi connectivity index (χ0v) is 12.1. The second kappa shape index (κ2) is 6.80. The Morgan fingerprint density at radius 3 is 2.33 bits per heavy atom. The molecule has 0 radical (unpaired) electrons. The number of amides is 1. The summed E-state index contributed by atoms with van der Waals surface area (Å²) in [5, 5.41) is 3.25. The van der Waals surface area contributed by atoms with Crippen LogP contribution in [0.2, 0.25) is 0 Å². The minimum absolute atomic E-state index is 0.0934. The van der Waals surface area contributed by atoms with Crippen LogP contribution in [0.25, 0.3) is 0 Å². The molecule has 2 aromatic rings. The summed E-state index contributed by atoms with van der Waals surface area (Å²) in [6.45, 7) is 0. The van der Waals surface area contributed by atoms with Crippen LogP contribution in [0.4, 0.5) is 23.0 Å². The second-order valence-corrected chi connectivity index (χ2v) is 5.33. The Balaban J connectivity index is 1.80. The molecule has 7 N–H and O–H groups in total. The average molecular weight is 304 g/mol. The highest BCUT2D eigenvalue weighted by Crippen LogP contribution is 2.17. The molecule has 2 rings (SSSR count). The standard InChI is InChI=1S/C13H16N6OS/c14-8-1-3-9(4-2-8)17-12(20)5-6-21-13-18-10(15)7-11(16)19-13/h1-4,7H,5-6,14H2,(H,17,20)(H4,15,16,18,19). The fraction of sp³-hybridized carbons (Fsp3) is 0.154. The minimum Gasteiger partial charge on any atom is -0.399 e. The maximum absolute atomic E-state index is 11.8. The van der Waals surface area contributed by atoms with E-state index in [1.165, 1.54) is 17.8 Å². The summed E-state index contributed by atoms with van der Waals surface area (Å²) in [7, 11) is 0. The molecule has 1 heterocycles. The monoisotopic (exact) mass is 304 g/mol. The van der Waals surface area contributed by atoms with Crippen molar-refractivity contribution < 1.29 is 4.79 Å². The smallest absolute Gasteiger partial charge is 0.225 e. The Bertz CT molecular complexity index is 611. The van der Waals surface area contributed by atoms with E-state index in [1.54, 1.807) is 24.3 Å². The molecule has 0 saturated carbocycles. The van der Waals surface area contributed by atoms with E-state index in [0.29, 0.717) is 40.3 Å². The Morgan fingerprint density at radius 2 is 1.71 bits per heavy atom. The quantitative estimate of drug-likeness (QED) is 0.372. The maximum Gasteiger partial charge on any atom is 0.225 e. The van der Waals surface area contributed by atoms with Gasteiger partial charge in [0.1, 0.15) is 11.6 Å². The maximum atomic E-state index is 11.8. The predicted octanol–water partition coefficient (Wildman–Crippen LogP) is 1.34. The van der Waals surface area contributed by atoms with Gasteiger partial charge in [-0.25, -0.2) is 9.97 Å². The van der Waals surface area contributed by atoms with Gasteiger partial charge in [-0.1, -0.05) is 11.8 Å². The van der Waals surface area contributed by atoms with E-state index in [2.05, 4.69) is 15.3 Å². The molecule has 0 saturated heterocycles. The molecule has 0 fully saturated rings. The van der Waals surface area contributed by atoms with E-state index >= 15 is 0 Å². The lowest BCUT2D eigenvalue weighted by Crippen LogP contribution is -2.12. The molecule has 110 valence electrons. The molecular formula is C13H16N6OS. The molecule has 21 heavy (non-hydrogen) atoms. The first-order valence-electron chi connectivity index (χ1n) is 6.21. The van der Waals surface area contributed by atoms with Crippen molar-refractivity contribution >= 4 is 40.7 Å². The van der Waals surface area contributed by atoms with Gasteiger partial charge in [0.2, 0.25) is 5.91 Å². The summed E-state index contributed by atoms with van der Waals surface area (Å²) in [6, 6.07) is 8.45. The fourth-order valence-electron chi connectivity index (χ4n) is 1.55. The van der Waals surface area contributed by atoms with Crippen molar-refractivity contribution in [2.24, 2.45) is 0 Å². The number of nitrogens with two attached hydrogens (primary N) is 3. The van der Waals surface area contributed by atoms with Crippen molar-refractivity contribution in [3.8, 4) is 0 Å². The van der Waals surface area contributed by atoms with Gasteiger partial charge in [-0.05, 0) is 24.3 Å². The van der Waals surface area contributed by atoms with Gasteiger partial charge in [0.25, 0.3) is 0 Å². The van der Waals surface area contributed by atoms with Gasteiger partial charge in [0.15, 0.2) is 5.16 Å². The molecule has 1 aromatic carbocycles. The number of rotatable bonds is 5. The number of carbonyl (C=O) groups is 1. The van der Waals surface area contributed by atoms with Crippen LogP contribution in [-0.4, -0.2) is 21.6 Å². The molecule has 7 nitrogen and oxygen atoms in total. The number of nitrogens with zero attached hydrogens (tertiary/aromatic N) is 2. The summed E-state index contributed by atoms with van der Waals surface area (Å²) < 4.78 is 0. The lowest BCUT2D eigenvalue weighted by atomic mass is 10.3. The molecule has 0 atom stereocenters. The third kappa shape index (κ3) is 4.84. The van der Waals surface area contributed by atoms with E-state index in [9.17, 15) is 4.79 Å². The number of thioether (sulfide) groups is 1. The van der Waals surface area contributed by atoms with Crippen molar-refractivity contribution in [3.63, 3.8) is 0 Å². The van der Waals surface area contributed by atoms with Crippen molar-refractivity contribution in [2.45, 2.75) is 11.6 Å². The first-order valence-corrected chi connectivity index (χ1v) is 7.20. The number of nitrogens with one attached hydrogen (secondary N) is 1. The highest BCUT2D eigenvalue weighted by Gasteiger charge is 2.05. The number of carbonyl (C=O) groups excluding carboxylic acids is 1. The van der Waals surface area contributed by atoms with Crippen LogP contribution in [0.3, 0.4) is 0 Å². The third-order valence-electron chi connectivity index (χ3n) is 2.50. The molecule has 0 aliphatic heterocycles. The number of nitrogen functional groups attached to an aromatic ring is 3. The van der Waals surface area contributed by atoms with Crippen LogP contribution in [0, 0.1) is 0 Å². The third-order valence-corrected chi connectivity index (χ3v) is 3.35. The number of benzene rings is 1. The first-order chi connectivity index (χ1) is 10.0. The van der Waals surface area contributed by atoms with Crippen LogP contribution in [0.15, 0.2) is 35.5 Å². The van der Waals surface area contributed by atoms with Gasteiger partial charge in [0, 0.05) is 29.6 Å². The fourth-order valence-corrected chi connectivity index (χ4v) is 2.36. The van der Waals surface area contributed by atoms with E-state index in [4.69, 9.17) is 17.2 Å². The Kier molecular flexibility index (Phi) is 4.83. The van der Waals surface area contributed by atoms with Crippen molar-refractivity contribution in [3.05, 3.63) is 30.3 Å². The Labute approximate surface area is 126 Å². The molecule has 8 heteroatoms. The molecular weight excluding hydrogens is 288 g/mol. The Morgan fingerprint density at radius 1 is 1.10 bits per heavy atom. The topological polar surface area (TPSA) is 133 Å². The summed E-state index contributed by atoms with van der Waals surface area (Å²) >= 11 is 1.33. The van der Waals surface area contributed by atoms with Crippen molar-refractivity contribution in [2.75, 3.05) is 28.3 Å². The van der Waals surface area contributed by atoms with Crippen LogP contribution >= 0.6 is 11.8 Å². The molecule has 0 aliphatic carbocycles. The molecule has 1 amide bonds. The SMILES string of the molecule is Nc1ccc(NC(=O)CCSc2nc(N)cc(N)n2)cc1. The lowest BCUT2D eigenvalue weighted by molar-refractivity contribution is -0.115. The van der Waals surface area contributed by atoms with Gasteiger partial charge < -0.3 is 22.5 Å². The van der Waals surface area contributed by atoms with Gasteiger partial charge >= 0.3 is 0 Å². The highest BCUT2D eigenvalue weighted by molar-refractivity contribution is 7.99. The summed E-state index contributed by atoms with van der Waals surface area (Å²) in [6.07, 6.45) is 0.326. The zero-order valence-electron chi connectivity index (χ0n) is 11.2. The van der Waals surface area contributed by atoms with E-state index < -0.39 is 0 Å². The van der Waals surface area contributed by atoms with Gasteiger partial charge in [-0.15, -0.1) is 0 Å². The normalized spacial score (nSPS) is 10.3. The second-order valence-electron chi connectivity index (χ2n) is 4.27. The number of hydrogen-bond donors (Lipinski definition) is 4.